The molecule has 7 heteroatoms. The maximum Gasteiger partial charge on any atom is 0.289 e. The van der Waals surface area contributed by atoms with Crippen molar-refractivity contribution in [3.63, 3.8) is 0 Å². The van der Waals surface area contributed by atoms with Gasteiger partial charge in [-0.3, -0.25) is 9.59 Å². The molecule has 0 atom stereocenters. The molecule has 3 rings (SSSR count). The molecular formula is C21H17N5O2. The molecule has 0 bridgehead atoms. The second-order valence-corrected chi connectivity index (χ2v) is 5.63. The number of hydrogen-bond acceptors (Lipinski definition) is 5. The van der Waals surface area contributed by atoms with Crippen molar-refractivity contribution in [2.75, 3.05) is 0 Å². The largest absolute Gasteiger partial charge is 0.289 e. The molecule has 0 aliphatic heterocycles. The van der Waals surface area contributed by atoms with Crippen LogP contribution in [0.3, 0.4) is 0 Å². The summed E-state index contributed by atoms with van der Waals surface area (Å²) in [4.78, 5) is 28.4. The number of hydrogen-bond donors (Lipinski definition) is 2. The van der Waals surface area contributed by atoms with Gasteiger partial charge < -0.3 is 0 Å². The van der Waals surface area contributed by atoms with E-state index in [0.29, 0.717) is 0 Å². The van der Waals surface area contributed by atoms with Crippen molar-refractivity contribution >= 4 is 24.2 Å². The Morgan fingerprint density at radius 2 is 1.07 bits per heavy atom. The molecule has 0 saturated heterocycles. The van der Waals surface area contributed by atoms with Gasteiger partial charge >= 0.3 is 0 Å². The number of amides is 2. The zero-order chi connectivity index (χ0) is 19.6. The fourth-order valence-electron chi connectivity index (χ4n) is 2.21. The lowest BCUT2D eigenvalue weighted by atomic mass is 10.2. The van der Waals surface area contributed by atoms with Gasteiger partial charge in [-0.2, -0.15) is 10.2 Å². The lowest BCUT2D eigenvalue weighted by Gasteiger charge is -2.02. The average molecular weight is 371 g/mol. The number of rotatable bonds is 6. The van der Waals surface area contributed by atoms with E-state index in [0.717, 1.165) is 11.1 Å². The van der Waals surface area contributed by atoms with E-state index in [1.807, 2.05) is 60.7 Å². The second kappa shape index (κ2) is 9.54. The number of benzene rings is 2. The normalized spacial score (nSPS) is 10.9. The summed E-state index contributed by atoms with van der Waals surface area (Å²) in [5.41, 5.74) is 6.61. The Hall–Kier alpha value is -4.13. The van der Waals surface area contributed by atoms with Crippen LogP contribution in [-0.2, 0) is 0 Å². The number of nitrogens with one attached hydrogen (secondary N) is 2. The molecule has 7 nitrogen and oxygen atoms in total. The standard InChI is InChI=1S/C21H17N5O2/c27-20(25-22-14-16-8-3-1-4-9-16)18-12-7-13-19(24-18)21(28)26-23-15-17-10-5-2-6-11-17/h1-15H,(H,25,27)(H,26,28)/b22-14-,23-15+. The van der Waals surface area contributed by atoms with E-state index < -0.39 is 11.8 Å². The molecule has 2 N–H and O–H groups in total. The van der Waals surface area contributed by atoms with E-state index in [1.165, 1.54) is 24.6 Å². The summed E-state index contributed by atoms with van der Waals surface area (Å²) in [5, 5.41) is 7.77. The van der Waals surface area contributed by atoms with Gasteiger partial charge in [0.25, 0.3) is 11.8 Å². The van der Waals surface area contributed by atoms with Gasteiger partial charge in [-0.1, -0.05) is 66.7 Å². The van der Waals surface area contributed by atoms with Crippen LogP contribution in [0.4, 0.5) is 0 Å². The molecule has 0 radical (unpaired) electrons. The highest BCUT2D eigenvalue weighted by atomic mass is 16.2. The van der Waals surface area contributed by atoms with Crippen molar-refractivity contribution in [1.82, 2.24) is 15.8 Å². The van der Waals surface area contributed by atoms with Gasteiger partial charge in [0.15, 0.2) is 0 Å². The minimum atomic E-state index is -0.519. The van der Waals surface area contributed by atoms with Crippen LogP contribution in [0.25, 0.3) is 0 Å². The third-order valence-electron chi connectivity index (χ3n) is 3.57. The van der Waals surface area contributed by atoms with Crippen molar-refractivity contribution in [3.8, 4) is 0 Å². The summed E-state index contributed by atoms with van der Waals surface area (Å²) >= 11 is 0. The molecular weight excluding hydrogens is 354 g/mol. The van der Waals surface area contributed by atoms with Crippen molar-refractivity contribution in [3.05, 3.63) is 101 Å². The molecule has 0 fully saturated rings. The van der Waals surface area contributed by atoms with Crippen LogP contribution in [0, 0.1) is 0 Å². The molecule has 2 amide bonds. The van der Waals surface area contributed by atoms with E-state index >= 15 is 0 Å². The molecule has 1 heterocycles. The summed E-state index contributed by atoms with van der Waals surface area (Å²) in [7, 11) is 0. The monoisotopic (exact) mass is 371 g/mol. The van der Waals surface area contributed by atoms with E-state index in [1.54, 1.807) is 6.07 Å². The number of carbonyl (C=O) groups excluding carboxylic acids is 2. The molecule has 1 aromatic heterocycles. The van der Waals surface area contributed by atoms with Gasteiger partial charge in [0.05, 0.1) is 12.4 Å². The van der Waals surface area contributed by atoms with E-state index in [-0.39, 0.29) is 11.4 Å². The minimum absolute atomic E-state index is 0.0740. The van der Waals surface area contributed by atoms with Crippen molar-refractivity contribution in [2.24, 2.45) is 10.2 Å². The SMILES string of the molecule is O=C(N/N=C\c1ccccc1)c1cccc(C(=O)N/N=C/c2ccccc2)n1. The summed E-state index contributed by atoms with van der Waals surface area (Å²) in [6, 6.07) is 23.2. The molecule has 138 valence electrons. The minimum Gasteiger partial charge on any atom is -0.266 e. The van der Waals surface area contributed by atoms with E-state index in [2.05, 4.69) is 26.0 Å². The molecule has 2 aromatic carbocycles. The lowest BCUT2D eigenvalue weighted by Crippen LogP contribution is -2.23. The summed E-state index contributed by atoms with van der Waals surface area (Å²) < 4.78 is 0. The van der Waals surface area contributed by atoms with Crippen molar-refractivity contribution in [1.29, 1.82) is 0 Å². The Labute approximate surface area is 161 Å². The zero-order valence-electron chi connectivity index (χ0n) is 14.8. The Balaban J connectivity index is 1.59. The quantitative estimate of drug-likeness (QED) is 0.515. The Morgan fingerprint density at radius 3 is 1.50 bits per heavy atom. The number of pyridine rings is 1. The number of aromatic nitrogens is 1. The topological polar surface area (TPSA) is 95.8 Å². The maximum atomic E-state index is 12.2. The van der Waals surface area contributed by atoms with Crippen LogP contribution >= 0.6 is 0 Å². The fraction of sp³-hybridized carbons (Fsp3) is 0. The van der Waals surface area contributed by atoms with Gasteiger partial charge in [-0.15, -0.1) is 0 Å². The average Bonchev–Trinajstić information content (AvgIpc) is 2.75. The number of hydrazone groups is 2. The highest BCUT2D eigenvalue weighted by Gasteiger charge is 2.11. The molecule has 3 aromatic rings. The van der Waals surface area contributed by atoms with Gasteiger partial charge in [0, 0.05) is 0 Å². The highest BCUT2D eigenvalue weighted by molar-refractivity contribution is 5.97. The second-order valence-electron chi connectivity index (χ2n) is 5.63. The highest BCUT2D eigenvalue weighted by Crippen LogP contribution is 2.01. The first-order chi connectivity index (χ1) is 13.7. The Bertz CT molecular complexity index is 923. The Morgan fingerprint density at radius 1 is 0.643 bits per heavy atom. The summed E-state index contributed by atoms with van der Waals surface area (Å²) in [5.74, 6) is -1.04. The van der Waals surface area contributed by atoms with Gasteiger partial charge in [-0.05, 0) is 23.3 Å². The summed E-state index contributed by atoms with van der Waals surface area (Å²) in [6.07, 6.45) is 3.04. The fourth-order valence-corrected chi connectivity index (χ4v) is 2.21. The zero-order valence-corrected chi connectivity index (χ0v) is 14.8. The predicted octanol–water partition coefficient (Wildman–Crippen LogP) is 2.61. The van der Waals surface area contributed by atoms with E-state index in [9.17, 15) is 9.59 Å². The number of carbonyl (C=O) groups is 2. The third-order valence-corrected chi connectivity index (χ3v) is 3.57. The van der Waals surface area contributed by atoms with Crippen molar-refractivity contribution in [2.45, 2.75) is 0 Å². The van der Waals surface area contributed by atoms with Gasteiger partial charge in [0.1, 0.15) is 11.4 Å². The maximum absolute atomic E-state index is 12.2. The molecule has 0 spiro atoms. The molecule has 0 aliphatic rings. The van der Waals surface area contributed by atoms with Crippen LogP contribution in [0.15, 0.2) is 89.1 Å². The first-order valence-corrected chi connectivity index (χ1v) is 8.46. The molecule has 0 saturated carbocycles. The van der Waals surface area contributed by atoms with Crippen LogP contribution < -0.4 is 10.9 Å². The van der Waals surface area contributed by atoms with Crippen LogP contribution in [-0.4, -0.2) is 29.2 Å². The third kappa shape index (κ3) is 5.43. The van der Waals surface area contributed by atoms with E-state index in [4.69, 9.17) is 0 Å². The van der Waals surface area contributed by atoms with Crippen molar-refractivity contribution < 1.29 is 9.59 Å². The van der Waals surface area contributed by atoms with Crippen LogP contribution in [0.1, 0.15) is 32.1 Å². The number of nitrogens with zero attached hydrogens (tertiary/aromatic N) is 3. The lowest BCUT2D eigenvalue weighted by molar-refractivity contribution is 0.0946. The molecule has 0 unspecified atom stereocenters. The predicted molar refractivity (Wildman–Crippen MR) is 107 cm³/mol. The van der Waals surface area contributed by atoms with Gasteiger partial charge in [-0.25, -0.2) is 15.8 Å². The smallest absolute Gasteiger partial charge is 0.266 e. The summed E-state index contributed by atoms with van der Waals surface area (Å²) in [6.45, 7) is 0. The van der Waals surface area contributed by atoms with Crippen LogP contribution in [0.2, 0.25) is 0 Å². The molecule has 28 heavy (non-hydrogen) atoms. The Kier molecular flexibility index (Phi) is 6.35. The molecule has 0 aliphatic carbocycles. The first-order valence-electron chi connectivity index (χ1n) is 8.46. The van der Waals surface area contributed by atoms with Gasteiger partial charge in [0.2, 0.25) is 0 Å². The van der Waals surface area contributed by atoms with Crippen LogP contribution in [0.5, 0.6) is 0 Å². The first kappa shape index (κ1) is 18.7.